The van der Waals surface area contributed by atoms with Gasteiger partial charge in [-0.3, -0.25) is 4.57 Å². The van der Waals surface area contributed by atoms with Gasteiger partial charge < -0.3 is 28.9 Å². The summed E-state index contributed by atoms with van der Waals surface area (Å²) in [5, 5.41) is 21.8. The lowest BCUT2D eigenvalue weighted by atomic mass is 10.2. The van der Waals surface area contributed by atoms with Crippen LogP contribution in [0.25, 0.3) is 11.2 Å². The molecule has 2 aromatic rings. The number of aliphatic hydroxyl groups excluding tert-OH is 1. The molecule has 1 saturated carbocycles. The van der Waals surface area contributed by atoms with E-state index in [0.29, 0.717) is 35.9 Å². The lowest BCUT2D eigenvalue weighted by Gasteiger charge is -2.26. The molecule has 1 aliphatic heterocycles. The average Bonchev–Trinajstić information content (AvgIpc) is 3.55. The fraction of sp³-hybridized carbons (Fsp3) is 0.800. The Labute approximate surface area is 203 Å². The highest BCUT2D eigenvalue weighted by Crippen LogP contribution is 2.53. The SMILES string of the molecule is CCOP(=O)(OCC)C(CO)OC[C@@H]1CC[C@H](n2nnc3c(NC4CCCC4)nc(Cl)nc32)O1. The number of nitrogens with zero attached hydrogens (tertiary/aromatic N) is 5. The number of ether oxygens (including phenoxy) is 2. The Morgan fingerprint density at radius 1 is 1.21 bits per heavy atom. The largest absolute Gasteiger partial charge is 0.393 e. The molecule has 0 aromatic carbocycles. The summed E-state index contributed by atoms with van der Waals surface area (Å²) in [4.78, 5) is 8.66. The molecule has 3 heterocycles. The summed E-state index contributed by atoms with van der Waals surface area (Å²) in [6.45, 7) is 3.40. The molecule has 0 amide bonds. The first-order chi connectivity index (χ1) is 16.5. The van der Waals surface area contributed by atoms with Gasteiger partial charge in [-0.1, -0.05) is 18.1 Å². The maximum Gasteiger partial charge on any atom is 0.361 e. The van der Waals surface area contributed by atoms with Crippen LogP contribution in [0, 0.1) is 0 Å². The van der Waals surface area contributed by atoms with Gasteiger partial charge in [0.25, 0.3) is 0 Å². The fourth-order valence-electron chi connectivity index (χ4n) is 4.38. The van der Waals surface area contributed by atoms with Crippen molar-refractivity contribution in [1.82, 2.24) is 25.0 Å². The minimum Gasteiger partial charge on any atom is -0.393 e. The van der Waals surface area contributed by atoms with Crippen molar-refractivity contribution in [3.05, 3.63) is 5.28 Å². The minimum absolute atomic E-state index is 0.114. The Hall–Kier alpha value is -1.40. The van der Waals surface area contributed by atoms with E-state index in [1.807, 2.05) is 0 Å². The molecule has 1 unspecified atom stereocenters. The van der Waals surface area contributed by atoms with Crippen molar-refractivity contribution in [1.29, 1.82) is 0 Å². The molecule has 2 aromatic heterocycles. The number of nitrogens with one attached hydrogen (secondary N) is 1. The molecular formula is C20H32ClN6O6P. The van der Waals surface area contributed by atoms with E-state index in [2.05, 4.69) is 25.6 Å². The van der Waals surface area contributed by atoms with Gasteiger partial charge in [0.2, 0.25) is 5.28 Å². The molecule has 2 aliphatic rings. The van der Waals surface area contributed by atoms with Crippen LogP contribution in [0.3, 0.4) is 0 Å². The fourth-order valence-corrected chi connectivity index (χ4v) is 6.14. The zero-order valence-corrected chi connectivity index (χ0v) is 21.1. The van der Waals surface area contributed by atoms with E-state index in [4.69, 9.17) is 30.1 Å². The highest BCUT2D eigenvalue weighted by molar-refractivity contribution is 7.54. The van der Waals surface area contributed by atoms with Crippen molar-refractivity contribution in [2.75, 3.05) is 31.7 Å². The summed E-state index contributed by atoms with van der Waals surface area (Å²) in [6, 6.07) is 0.340. The average molecular weight is 519 g/mol. The van der Waals surface area contributed by atoms with Crippen LogP contribution in [0.15, 0.2) is 0 Å². The monoisotopic (exact) mass is 518 g/mol. The number of hydrogen-bond donors (Lipinski definition) is 2. The summed E-state index contributed by atoms with van der Waals surface area (Å²) < 4.78 is 36.9. The molecule has 2 N–H and O–H groups in total. The van der Waals surface area contributed by atoms with Gasteiger partial charge in [-0.15, -0.1) is 5.10 Å². The summed E-state index contributed by atoms with van der Waals surface area (Å²) in [6.07, 6.45) is 5.14. The Kier molecular flexibility index (Phi) is 8.73. The van der Waals surface area contributed by atoms with Gasteiger partial charge in [0, 0.05) is 6.04 Å². The van der Waals surface area contributed by atoms with Crippen LogP contribution in [-0.2, 0) is 23.1 Å². The van der Waals surface area contributed by atoms with Gasteiger partial charge in [0.1, 0.15) is 0 Å². The second-order valence-corrected chi connectivity index (χ2v) is 10.8. The summed E-state index contributed by atoms with van der Waals surface area (Å²) >= 11 is 6.20. The second-order valence-electron chi connectivity index (χ2n) is 8.31. The van der Waals surface area contributed by atoms with Crippen LogP contribution in [0.4, 0.5) is 5.82 Å². The van der Waals surface area contributed by atoms with Crippen molar-refractivity contribution in [2.45, 2.75) is 76.6 Å². The molecule has 12 nitrogen and oxygen atoms in total. The number of hydrogen-bond acceptors (Lipinski definition) is 11. The third-order valence-electron chi connectivity index (χ3n) is 5.95. The molecular weight excluding hydrogens is 487 g/mol. The molecule has 1 aliphatic carbocycles. The number of fused-ring (bicyclic) bond motifs is 1. The van der Waals surface area contributed by atoms with Crippen LogP contribution in [0.5, 0.6) is 0 Å². The van der Waals surface area contributed by atoms with Crippen LogP contribution in [0.1, 0.15) is 58.6 Å². The number of halogens is 1. The van der Waals surface area contributed by atoms with E-state index in [-0.39, 0.29) is 31.2 Å². The maximum atomic E-state index is 12.9. The summed E-state index contributed by atoms with van der Waals surface area (Å²) in [5.41, 5.74) is 1.05. The molecule has 0 radical (unpaired) electrons. The first-order valence-corrected chi connectivity index (χ1v) is 13.8. The van der Waals surface area contributed by atoms with E-state index < -0.39 is 26.3 Å². The molecule has 190 valence electrons. The van der Waals surface area contributed by atoms with E-state index in [0.717, 1.165) is 12.8 Å². The lowest BCUT2D eigenvalue weighted by Crippen LogP contribution is -2.26. The van der Waals surface area contributed by atoms with Gasteiger partial charge >= 0.3 is 7.60 Å². The molecule has 1 saturated heterocycles. The Morgan fingerprint density at radius 3 is 2.62 bits per heavy atom. The van der Waals surface area contributed by atoms with Crippen molar-refractivity contribution >= 4 is 36.2 Å². The minimum atomic E-state index is -3.60. The van der Waals surface area contributed by atoms with E-state index >= 15 is 0 Å². The number of aliphatic hydroxyl groups is 1. The van der Waals surface area contributed by atoms with Crippen LogP contribution in [-0.4, -0.2) is 74.5 Å². The Morgan fingerprint density at radius 2 is 1.94 bits per heavy atom. The smallest absolute Gasteiger partial charge is 0.361 e. The van der Waals surface area contributed by atoms with E-state index in [9.17, 15) is 9.67 Å². The normalized spacial score (nSPS) is 22.6. The molecule has 0 spiro atoms. The van der Waals surface area contributed by atoms with E-state index in [1.54, 1.807) is 18.5 Å². The van der Waals surface area contributed by atoms with Gasteiger partial charge in [0.15, 0.2) is 29.1 Å². The van der Waals surface area contributed by atoms with Crippen molar-refractivity contribution in [3.63, 3.8) is 0 Å². The predicted octanol–water partition coefficient (Wildman–Crippen LogP) is 3.51. The summed E-state index contributed by atoms with van der Waals surface area (Å²) in [7, 11) is -3.60. The second kappa shape index (κ2) is 11.6. The number of aromatic nitrogens is 5. The molecule has 14 heteroatoms. The highest BCUT2D eigenvalue weighted by Gasteiger charge is 2.38. The molecule has 0 bridgehead atoms. The van der Waals surface area contributed by atoms with Crippen molar-refractivity contribution in [2.24, 2.45) is 0 Å². The topological polar surface area (TPSA) is 143 Å². The Bertz CT molecular complexity index is 995. The predicted molar refractivity (Wildman–Crippen MR) is 125 cm³/mol. The third-order valence-corrected chi connectivity index (χ3v) is 8.37. The first kappa shape index (κ1) is 25.7. The molecule has 4 rings (SSSR count). The van der Waals surface area contributed by atoms with Crippen molar-refractivity contribution in [3.8, 4) is 0 Å². The zero-order chi connectivity index (χ0) is 24.1. The number of rotatable bonds is 12. The maximum absolute atomic E-state index is 12.9. The molecule has 3 atom stereocenters. The van der Waals surface area contributed by atoms with Crippen molar-refractivity contribution < 1.29 is 28.2 Å². The van der Waals surface area contributed by atoms with Crippen LogP contribution in [0.2, 0.25) is 5.28 Å². The first-order valence-electron chi connectivity index (χ1n) is 11.8. The third kappa shape index (κ3) is 5.70. The number of anilines is 1. The molecule has 2 fully saturated rings. The highest BCUT2D eigenvalue weighted by atomic mass is 35.5. The van der Waals surface area contributed by atoms with E-state index in [1.165, 1.54) is 12.8 Å². The van der Waals surface area contributed by atoms with Crippen LogP contribution < -0.4 is 5.32 Å². The molecule has 34 heavy (non-hydrogen) atoms. The summed E-state index contributed by atoms with van der Waals surface area (Å²) in [5.74, 6) is -0.502. The zero-order valence-electron chi connectivity index (χ0n) is 19.4. The Balaban J connectivity index is 1.42. The van der Waals surface area contributed by atoms with Gasteiger partial charge in [0.05, 0.1) is 32.5 Å². The lowest BCUT2D eigenvalue weighted by molar-refractivity contribution is -0.0613. The van der Waals surface area contributed by atoms with Crippen LogP contribution >= 0.6 is 19.2 Å². The van der Waals surface area contributed by atoms with Gasteiger partial charge in [-0.25, -0.2) is 0 Å². The quantitative estimate of drug-likeness (QED) is 0.314. The van der Waals surface area contributed by atoms with Gasteiger partial charge in [-0.05, 0) is 51.1 Å². The van der Waals surface area contributed by atoms with Gasteiger partial charge in [-0.2, -0.15) is 14.6 Å². The standard InChI is InChI=1S/C20H32ClN6O6P/c1-3-31-34(29,32-4-2)16(11-28)30-12-14-9-10-15(33-14)27-19-17(25-26-27)18(23-20(21)24-19)22-13-7-5-6-8-13/h13-16,28H,3-12H2,1-2H3,(H,22,23,24)/t14-,15+,16?/m0/s1.